The fourth-order valence-electron chi connectivity index (χ4n) is 1.64. The first-order chi connectivity index (χ1) is 7.61. The molecule has 0 spiro atoms. The molecule has 0 radical (unpaired) electrons. The van der Waals surface area contributed by atoms with Crippen molar-refractivity contribution in [1.29, 1.82) is 0 Å². The van der Waals surface area contributed by atoms with Gasteiger partial charge in [-0.2, -0.15) is 0 Å². The fourth-order valence-corrected chi connectivity index (χ4v) is 1.64. The summed E-state index contributed by atoms with van der Waals surface area (Å²) < 4.78 is 0. The Hall–Kier alpha value is -1.56. The Bertz CT molecular complexity index is 293. The van der Waals surface area contributed by atoms with Gasteiger partial charge in [-0.3, -0.25) is 4.84 Å². The van der Waals surface area contributed by atoms with Crippen LogP contribution in [0.1, 0.15) is 13.3 Å². The van der Waals surface area contributed by atoms with Crippen molar-refractivity contribution in [2.24, 2.45) is 0 Å². The second-order valence-electron chi connectivity index (χ2n) is 3.40. The Balaban J connectivity index is 2.68. The van der Waals surface area contributed by atoms with Gasteiger partial charge < -0.3 is 10.0 Å². The molecule has 6 heteroatoms. The molecule has 1 fully saturated rings. The summed E-state index contributed by atoms with van der Waals surface area (Å²) in [7, 11) is 0. The van der Waals surface area contributed by atoms with Gasteiger partial charge in [0.05, 0.1) is 13.2 Å². The predicted octanol–water partition coefficient (Wildman–Crippen LogP) is 0.705. The molecule has 0 aromatic heterocycles. The summed E-state index contributed by atoms with van der Waals surface area (Å²) in [4.78, 5) is 29.1. The molecule has 90 valence electrons. The molecule has 1 aliphatic heterocycles. The minimum absolute atomic E-state index is 0.237. The number of carbonyl (C=O) groups excluding carboxylic acids is 1. The van der Waals surface area contributed by atoms with E-state index < -0.39 is 18.0 Å². The Kier molecular flexibility index (Phi) is 4.30. The molecular formula is C10H16N2O4. The van der Waals surface area contributed by atoms with E-state index in [1.807, 2.05) is 0 Å². The average Bonchev–Trinajstić information content (AvgIpc) is 2.26. The number of aliphatic carboxylic acids is 1. The first-order valence-electron chi connectivity index (χ1n) is 5.16. The van der Waals surface area contributed by atoms with Crippen molar-refractivity contribution in [2.75, 3.05) is 19.7 Å². The van der Waals surface area contributed by atoms with Gasteiger partial charge in [0, 0.05) is 6.54 Å². The topological polar surface area (TPSA) is 70.1 Å². The number of urea groups is 1. The monoisotopic (exact) mass is 228 g/mol. The molecule has 1 atom stereocenters. The molecule has 16 heavy (non-hydrogen) atoms. The maximum Gasteiger partial charge on any atom is 0.344 e. The molecule has 0 saturated carbocycles. The van der Waals surface area contributed by atoms with Gasteiger partial charge in [-0.25, -0.2) is 14.7 Å². The number of nitrogens with zero attached hydrogens (tertiary/aromatic N) is 2. The van der Waals surface area contributed by atoms with E-state index in [4.69, 9.17) is 9.94 Å². The Morgan fingerprint density at radius 1 is 1.75 bits per heavy atom. The van der Waals surface area contributed by atoms with E-state index in [9.17, 15) is 9.59 Å². The van der Waals surface area contributed by atoms with E-state index in [1.165, 1.54) is 16.0 Å². The van der Waals surface area contributed by atoms with Gasteiger partial charge in [0.15, 0.2) is 0 Å². The van der Waals surface area contributed by atoms with Crippen molar-refractivity contribution in [3.05, 3.63) is 12.7 Å². The number of carboxylic acid groups (broad SMARTS) is 1. The van der Waals surface area contributed by atoms with Crippen molar-refractivity contribution in [3.63, 3.8) is 0 Å². The molecule has 2 amide bonds. The molecular weight excluding hydrogens is 212 g/mol. The maximum atomic E-state index is 11.8. The van der Waals surface area contributed by atoms with Gasteiger partial charge in [0.2, 0.25) is 0 Å². The minimum Gasteiger partial charge on any atom is -0.480 e. The van der Waals surface area contributed by atoms with Crippen molar-refractivity contribution in [3.8, 4) is 0 Å². The zero-order valence-electron chi connectivity index (χ0n) is 9.26. The quantitative estimate of drug-likeness (QED) is 0.703. The lowest BCUT2D eigenvalue weighted by atomic mass is 10.1. The Labute approximate surface area is 94.0 Å². The van der Waals surface area contributed by atoms with Crippen LogP contribution in [-0.2, 0) is 9.63 Å². The number of carbonyl (C=O) groups is 2. The molecule has 0 unspecified atom stereocenters. The summed E-state index contributed by atoms with van der Waals surface area (Å²) in [5.41, 5.74) is 0. The standard InChI is InChI=1S/C10H16N2O4/c1-3-7-16-12-6-5-8(9(13)14)11(4-2)10(12)15/h3,8H,1,4-7H2,2H3,(H,13,14)/t8-/m0/s1. The van der Waals surface area contributed by atoms with E-state index in [0.29, 0.717) is 19.5 Å². The van der Waals surface area contributed by atoms with Gasteiger partial charge in [0.1, 0.15) is 6.04 Å². The van der Waals surface area contributed by atoms with Crippen LogP contribution in [0.15, 0.2) is 12.7 Å². The Morgan fingerprint density at radius 3 is 2.94 bits per heavy atom. The van der Waals surface area contributed by atoms with Crippen LogP contribution in [0.4, 0.5) is 4.79 Å². The molecule has 1 saturated heterocycles. The lowest BCUT2D eigenvalue weighted by Gasteiger charge is -2.37. The largest absolute Gasteiger partial charge is 0.480 e. The SMILES string of the molecule is C=CCON1CC[C@@H](C(=O)O)N(CC)C1=O. The second-order valence-corrected chi connectivity index (χ2v) is 3.40. The number of likely N-dealkylation sites (N-methyl/N-ethyl adjacent to an activating group) is 1. The van der Waals surface area contributed by atoms with E-state index in [0.717, 1.165) is 0 Å². The third kappa shape index (κ3) is 2.52. The predicted molar refractivity (Wildman–Crippen MR) is 56.7 cm³/mol. The second kappa shape index (κ2) is 5.50. The van der Waals surface area contributed by atoms with E-state index in [2.05, 4.69) is 6.58 Å². The summed E-state index contributed by atoms with van der Waals surface area (Å²) in [6.07, 6.45) is 1.90. The van der Waals surface area contributed by atoms with Crippen LogP contribution in [0.3, 0.4) is 0 Å². The number of carboxylic acids is 1. The molecule has 0 aromatic rings. The van der Waals surface area contributed by atoms with Gasteiger partial charge >= 0.3 is 12.0 Å². The van der Waals surface area contributed by atoms with Crippen LogP contribution in [0, 0.1) is 0 Å². The van der Waals surface area contributed by atoms with Crippen molar-refractivity contribution < 1.29 is 19.5 Å². The highest BCUT2D eigenvalue weighted by Gasteiger charge is 2.36. The number of hydroxylamine groups is 2. The first-order valence-corrected chi connectivity index (χ1v) is 5.16. The van der Waals surface area contributed by atoms with Gasteiger partial charge in [0.25, 0.3) is 0 Å². The highest BCUT2D eigenvalue weighted by atomic mass is 16.7. The third-order valence-electron chi connectivity index (χ3n) is 2.41. The summed E-state index contributed by atoms with van der Waals surface area (Å²) in [6, 6.07) is -1.15. The van der Waals surface area contributed by atoms with E-state index in [-0.39, 0.29) is 6.61 Å². The fraction of sp³-hybridized carbons (Fsp3) is 0.600. The van der Waals surface area contributed by atoms with Crippen LogP contribution in [0.2, 0.25) is 0 Å². The van der Waals surface area contributed by atoms with Gasteiger partial charge in [-0.15, -0.1) is 6.58 Å². The van der Waals surface area contributed by atoms with Gasteiger partial charge in [-0.05, 0) is 13.3 Å². The molecule has 0 bridgehead atoms. The third-order valence-corrected chi connectivity index (χ3v) is 2.41. The lowest BCUT2D eigenvalue weighted by Crippen LogP contribution is -2.56. The van der Waals surface area contributed by atoms with Crippen LogP contribution in [0.5, 0.6) is 0 Å². The van der Waals surface area contributed by atoms with Crippen LogP contribution < -0.4 is 0 Å². The average molecular weight is 228 g/mol. The molecule has 1 heterocycles. The van der Waals surface area contributed by atoms with Crippen molar-refractivity contribution in [1.82, 2.24) is 9.96 Å². The molecule has 1 rings (SSSR count). The number of hydrogen-bond acceptors (Lipinski definition) is 3. The smallest absolute Gasteiger partial charge is 0.344 e. The summed E-state index contributed by atoms with van der Waals surface area (Å²) in [6.45, 7) is 6.10. The van der Waals surface area contributed by atoms with Gasteiger partial charge in [-0.1, -0.05) is 6.08 Å². The number of rotatable bonds is 5. The van der Waals surface area contributed by atoms with Crippen molar-refractivity contribution in [2.45, 2.75) is 19.4 Å². The minimum atomic E-state index is -0.974. The highest BCUT2D eigenvalue weighted by molar-refractivity contribution is 5.83. The maximum absolute atomic E-state index is 11.8. The summed E-state index contributed by atoms with van der Waals surface area (Å²) in [5, 5.41) is 10.1. The zero-order valence-corrected chi connectivity index (χ0v) is 9.26. The molecule has 1 N–H and O–H groups in total. The van der Waals surface area contributed by atoms with Crippen LogP contribution in [-0.4, -0.2) is 52.8 Å². The summed E-state index contributed by atoms with van der Waals surface area (Å²) >= 11 is 0. The molecule has 6 nitrogen and oxygen atoms in total. The van der Waals surface area contributed by atoms with E-state index in [1.54, 1.807) is 6.92 Å². The molecule has 0 aliphatic carbocycles. The van der Waals surface area contributed by atoms with Crippen LogP contribution in [0.25, 0.3) is 0 Å². The zero-order chi connectivity index (χ0) is 12.1. The lowest BCUT2D eigenvalue weighted by molar-refractivity contribution is -0.155. The highest BCUT2D eigenvalue weighted by Crippen LogP contribution is 2.16. The summed E-state index contributed by atoms with van der Waals surface area (Å²) in [5.74, 6) is -0.974. The number of amides is 2. The molecule has 0 aromatic carbocycles. The normalized spacial score (nSPS) is 21.1. The molecule has 1 aliphatic rings. The first kappa shape index (κ1) is 12.5. The number of hydrogen-bond donors (Lipinski definition) is 1. The Morgan fingerprint density at radius 2 is 2.44 bits per heavy atom. The van der Waals surface area contributed by atoms with Crippen LogP contribution >= 0.6 is 0 Å². The van der Waals surface area contributed by atoms with E-state index >= 15 is 0 Å². The van der Waals surface area contributed by atoms with Crippen molar-refractivity contribution >= 4 is 12.0 Å².